The van der Waals surface area contributed by atoms with Crippen molar-refractivity contribution in [3.63, 3.8) is 0 Å². The molecule has 0 amide bonds. The molecule has 0 unspecified atom stereocenters. The highest BCUT2D eigenvalue weighted by atomic mass is 15.4. The van der Waals surface area contributed by atoms with Crippen LogP contribution in [-0.2, 0) is 0 Å². The molecule has 1 aromatic heterocycles. The average Bonchev–Trinajstić information content (AvgIpc) is 3.78. The van der Waals surface area contributed by atoms with Crippen LogP contribution in [0.3, 0.4) is 0 Å². The number of hydrogen-bond donors (Lipinski definition) is 1. The van der Waals surface area contributed by atoms with Crippen molar-refractivity contribution in [2.45, 2.75) is 89.0 Å². The Balaban J connectivity index is 0.955. The highest BCUT2D eigenvalue weighted by Crippen LogP contribution is 2.42. The van der Waals surface area contributed by atoms with E-state index in [0.717, 1.165) is 42.1 Å². The largest absolute Gasteiger partial charge is 0.375 e. The molecule has 0 spiro atoms. The van der Waals surface area contributed by atoms with Crippen LogP contribution in [0.5, 0.6) is 0 Å². The monoisotopic (exact) mass is 554 g/mol. The van der Waals surface area contributed by atoms with E-state index in [1.165, 1.54) is 126 Å². The molecule has 7 rings (SSSR count). The molecule has 2 aliphatic carbocycles. The number of anilines is 1. The van der Waals surface area contributed by atoms with Crippen molar-refractivity contribution < 1.29 is 0 Å². The summed E-state index contributed by atoms with van der Waals surface area (Å²) in [6, 6.07) is 7.75. The van der Waals surface area contributed by atoms with E-state index >= 15 is 0 Å². The molecule has 0 atom stereocenters. The zero-order valence-corrected chi connectivity index (χ0v) is 25.1. The third-order valence-corrected chi connectivity index (χ3v) is 10.8. The lowest BCUT2D eigenvalue weighted by molar-refractivity contribution is 0.134. The normalized spacial score (nSPS) is 24.3. The molecule has 5 aliphatic rings. The highest BCUT2D eigenvalue weighted by Gasteiger charge is 2.32. The van der Waals surface area contributed by atoms with Gasteiger partial charge < -0.3 is 20.0 Å². The summed E-state index contributed by atoms with van der Waals surface area (Å²) in [6.07, 6.45) is 15.6. The Morgan fingerprint density at radius 3 is 2.34 bits per heavy atom. The van der Waals surface area contributed by atoms with Gasteiger partial charge in [0.15, 0.2) is 5.82 Å². The molecule has 2 saturated carbocycles. The third kappa shape index (κ3) is 5.69. The number of aromatic nitrogens is 2. The summed E-state index contributed by atoms with van der Waals surface area (Å²) in [7, 11) is 0. The number of nitrogens with one attached hydrogen (secondary N) is 1. The van der Waals surface area contributed by atoms with E-state index in [1.54, 1.807) is 0 Å². The van der Waals surface area contributed by atoms with Crippen molar-refractivity contribution >= 4 is 16.7 Å². The zero-order chi connectivity index (χ0) is 27.9. The number of allylic oxidation sites excluding steroid dienone is 1. The summed E-state index contributed by atoms with van der Waals surface area (Å²) in [4.78, 5) is 7.64. The second-order valence-electron chi connectivity index (χ2n) is 13.7. The Bertz CT molecular complexity index is 1280. The van der Waals surface area contributed by atoms with Crippen LogP contribution in [0.1, 0.15) is 94.6 Å². The molecule has 2 aromatic rings. The van der Waals surface area contributed by atoms with Crippen LogP contribution in [0.25, 0.3) is 10.9 Å². The van der Waals surface area contributed by atoms with Gasteiger partial charge in [0.1, 0.15) is 5.82 Å². The highest BCUT2D eigenvalue weighted by molar-refractivity contribution is 5.92. The maximum absolute atomic E-state index is 5.15. The summed E-state index contributed by atoms with van der Waals surface area (Å²) in [5.41, 5.74) is 5.31. The number of piperidine rings is 2. The Hall–Kier alpha value is -2.73. The number of benzene rings is 1. The Morgan fingerprint density at radius 1 is 0.878 bits per heavy atom. The van der Waals surface area contributed by atoms with E-state index in [0.29, 0.717) is 12.0 Å². The van der Waals surface area contributed by atoms with E-state index in [-0.39, 0.29) is 0 Å². The van der Waals surface area contributed by atoms with Gasteiger partial charge in [-0.3, -0.25) is 4.68 Å². The first-order chi connectivity index (χ1) is 20.0. The van der Waals surface area contributed by atoms with Gasteiger partial charge in [-0.05, 0) is 99.9 Å². The van der Waals surface area contributed by atoms with Crippen LogP contribution >= 0.6 is 0 Å². The van der Waals surface area contributed by atoms with Crippen LogP contribution in [0.2, 0.25) is 0 Å². The van der Waals surface area contributed by atoms with Crippen LogP contribution < -0.4 is 10.2 Å². The van der Waals surface area contributed by atoms with Gasteiger partial charge in [0.05, 0.1) is 11.6 Å². The first-order valence-electron chi connectivity index (χ1n) is 16.6. The molecular formula is C35H50N6. The topological polar surface area (TPSA) is 39.6 Å². The summed E-state index contributed by atoms with van der Waals surface area (Å²) in [6.45, 7) is 20.0. The maximum Gasteiger partial charge on any atom is 0.164 e. The number of nitrogens with zero attached hydrogens (tertiary/aromatic N) is 5. The van der Waals surface area contributed by atoms with Crippen LogP contribution in [0.4, 0.5) is 5.82 Å². The number of likely N-dealkylation sites (tertiary alicyclic amines) is 2. The lowest BCUT2D eigenvalue weighted by Crippen LogP contribution is -2.41. The maximum atomic E-state index is 5.15. The predicted octanol–water partition coefficient (Wildman–Crippen LogP) is 7.14. The molecule has 4 heterocycles. The van der Waals surface area contributed by atoms with Crippen molar-refractivity contribution in [1.29, 1.82) is 0 Å². The molecule has 220 valence electrons. The average molecular weight is 555 g/mol. The summed E-state index contributed by atoms with van der Waals surface area (Å²) in [5, 5.41) is 9.75. The van der Waals surface area contributed by atoms with Crippen molar-refractivity contribution in [3.05, 3.63) is 60.7 Å². The van der Waals surface area contributed by atoms with Gasteiger partial charge in [-0.15, -0.1) is 0 Å². The molecule has 1 N–H and O–H groups in total. The third-order valence-electron chi connectivity index (χ3n) is 10.8. The smallest absolute Gasteiger partial charge is 0.164 e. The number of rotatable bonds is 7. The van der Waals surface area contributed by atoms with Gasteiger partial charge in [-0.1, -0.05) is 45.1 Å². The van der Waals surface area contributed by atoms with E-state index in [4.69, 9.17) is 5.10 Å². The van der Waals surface area contributed by atoms with Crippen LogP contribution in [0, 0.1) is 11.8 Å². The standard InChI is InChI=1S/C35H50N6/c1-25-13-22-40(27(3)36-25)35-33-12-9-31(23-34(33)41(37-35)32-10-11-32)30-16-18-38(19-17-30)24-28-14-20-39(21-15-28)26(2)29-7-5-4-6-8-29/h9,12,23,28-30,32,36H,1-8,10-11,13-22,24H2. The SMILES string of the molecule is C=C1CCN(c2nn(C3CC3)c3cc(C4CCN(CC5CCN(C(=C)C6CCCCC6)CC5)CC4)ccc23)C(=C)N1. The predicted molar refractivity (Wildman–Crippen MR) is 170 cm³/mol. The number of fused-ring (bicyclic) bond motifs is 1. The fraction of sp³-hybridized carbons (Fsp3) is 0.629. The van der Waals surface area contributed by atoms with Gasteiger partial charge in [0.25, 0.3) is 0 Å². The molecule has 0 radical (unpaired) electrons. The van der Waals surface area contributed by atoms with Gasteiger partial charge in [0, 0.05) is 49.4 Å². The minimum Gasteiger partial charge on any atom is -0.375 e. The first kappa shape index (κ1) is 27.1. The summed E-state index contributed by atoms with van der Waals surface area (Å²) >= 11 is 0. The van der Waals surface area contributed by atoms with Crippen LogP contribution in [-0.4, -0.2) is 58.8 Å². The fourth-order valence-corrected chi connectivity index (χ4v) is 8.05. The second-order valence-corrected chi connectivity index (χ2v) is 13.7. The Kier molecular flexibility index (Phi) is 7.61. The molecule has 5 fully saturated rings. The molecular weight excluding hydrogens is 504 g/mol. The molecule has 3 aliphatic heterocycles. The minimum atomic E-state index is 0.551. The lowest BCUT2D eigenvalue weighted by atomic mass is 9.85. The Morgan fingerprint density at radius 2 is 1.63 bits per heavy atom. The van der Waals surface area contributed by atoms with Gasteiger partial charge >= 0.3 is 0 Å². The molecule has 6 heteroatoms. The van der Waals surface area contributed by atoms with E-state index < -0.39 is 0 Å². The van der Waals surface area contributed by atoms with E-state index in [1.807, 2.05) is 0 Å². The second kappa shape index (κ2) is 11.5. The van der Waals surface area contributed by atoms with E-state index in [2.05, 4.69) is 62.6 Å². The van der Waals surface area contributed by atoms with Crippen molar-refractivity contribution in [2.24, 2.45) is 11.8 Å². The molecule has 3 saturated heterocycles. The van der Waals surface area contributed by atoms with Crippen molar-refractivity contribution in [1.82, 2.24) is 24.9 Å². The zero-order valence-electron chi connectivity index (χ0n) is 25.1. The fourth-order valence-electron chi connectivity index (χ4n) is 8.05. The Labute approximate surface area is 247 Å². The van der Waals surface area contributed by atoms with Gasteiger partial charge in [0.2, 0.25) is 0 Å². The molecule has 6 nitrogen and oxygen atoms in total. The molecule has 41 heavy (non-hydrogen) atoms. The summed E-state index contributed by atoms with van der Waals surface area (Å²) in [5.74, 6) is 4.19. The molecule has 1 aromatic carbocycles. The molecule has 0 bridgehead atoms. The van der Waals surface area contributed by atoms with Crippen molar-refractivity contribution in [2.75, 3.05) is 44.2 Å². The summed E-state index contributed by atoms with van der Waals surface area (Å²) < 4.78 is 2.31. The van der Waals surface area contributed by atoms with Crippen LogP contribution in [0.15, 0.2) is 55.2 Å². The van der Waals surface area contributed by atoms with Crippen molar-refractivity contribution in [3.8, 4) is 0 Å². The lowest BCUT2D eigenvalue weighted by Gasteiger charge is -2.41. The first-order valence-corrected chi connectivity index (χ1v) is 16.6. The van der Waals surface area contributed by atoms with Gasteiger partial charge in [-0.25, -0.2) is 0 Å². The minimum absolute atomic E-state index is 0.551. The quantitative estimate of drug-likeness (QED) is 0.394. The van der Waals surface area contributed by atoms with E-state index in [9.17, 15) is 0 Å². The van der Waals surface area contributed by atoms with Gasteiger partial charge in [-0.2, -0.15) is 5.10 Å². The number of hydrogen-bond acceptors (Lipinski definition) is 5.